The van der Waals surface area contributed by atoms with Gasteiger partial charge in [-0.05, 0) is 31.0 Å². The molecule has 32 heavy (non-hydrogen) atoms. The molecule has 0 aliphatic rings. The van der Waals surface area contributed by atoms with Crippen molar-refractivity contribution in [3.8, 4) is 11.3 Å². The molecule has 4 aromatic rings. The molecule has 0 radical (unpaired) electrons. The zero-order valence-corrected chi connectivity index (χ0v) is 19.0. The van der Waals surface area contributed by atoms with Gasteiger partial charge in [-0.15, -0.1) is 11.3 Å². The third-order valence-electron chi connectivity index (χ3n) is 5.21. The van der Waals surface area contributed by atoms with Crippen LogP contribution in [0.2, 0.25) is 0 Å². The number of nitrogens with zero attached hydrogens (tertiary/aromatic N) is 2. The van der Waals surface area contributed by atoms with Crippen molar-refractivity contribution >= 4 is 17.2 Å². The van der Waals surface area contributed by atoms with Gasteiger partial charge in [0, 0.05) is 29.2 Å². The smallest absolute Gasteiger partial charge is 0.250 e. The number of hydrogen-bond donors (Lipinski definition) is 1. The van der Waals surface area contributed by atoms with E-state index in [0.29, 0.717) is 19.5 Å². The second-order valence-corrected chi connectivity index (χ2v) is 9.10. The van der Waals surface area contributed by atoms with E-state index in [9.17, 15) is 9.59 Å². The number of pyridine rings is 1. The Hall–Kier alpha value is -3.51. The molecule has 1 N–H and O–H groups in total. The lowest BCUT2D eigenvalue weighted by Crippen LogP contribution is -2.24. The number of nitrogens with one attached hydrogen (secondary N) is 1. The number of carbonyl (C=O) groups excluding carboxylic acids is 1. The topological polar surface area (TPSA) is 64.0 Å². The van der Waals surface area contributed by atoms with Gasteiger partial charge in [0.2, 0.25) is 5.91 Å². The number of rotatable bonds is 7. The fourth-order valence-electron chi connectivity index (χ4n) is 3.49. The van der Waals surface area contributed by atoms with Gasteiger partial charge < -0.3 is 9.88 Å². The number of benzene rings is 2. The summed E-state index contributed by atoms with van der Waals surface area (Å²) in [6, 6.07) is 21.3. The molecule has 2 aromatic carbocycles. The van der Waals surface area contributed by atoms with E-state index in [0.717, 1.165) is 32.3 Å². The molecule has 5 nitrogen and oxygen atoms in total. The molecule has 0 bridgehead atoms. The van der Waals surface area contributed by atoms with Crippen molar-refractivity contribution in [2.24, 2.45) is 0 Å². The van der Waals surface area contributed by atoms with Crippen LogP contribution < -0.4 is 10.9 Å². The molecule has 0 aliphatic carbocycles. The molecule has 1 amide bonds. The summed E-state index contributed by atoms with van der Waals surface area (Å²) in [7, 11) is 0. The maximum Gasteiger partial charge on any atom is 0.250 e. The highest BCUT2D eigenvalue weighted by Crippen LogP contribution is 2.28. The Morgan fingerprint density at radius 1 is 0.969 bits per heavy atom. The largest absolute Gasteiger partial charge is 0.352 e. The van der Waals surface area contributed by atoms with Crippen molar-refractivity contribution in [1.82, 2.24) is 14.9 Å². The van der Waals surface area contributed by atoms with Crippen LogP contribution in [0.3, 0.4) is 0 Å². The SMILES string of the molecule is Cc1ccc(-c2nc(C)sc2CC(=O)NCc2ccc(Cn3ccccc3=O)cc2)cc1. The van der Waals surface area contributed by atoms with Gasteiger partial charge >= 0.3 is 0 Å². The summed E-state index contributed by atoms with van der Waals surface area (Å²) >= 11 is 1.57. The summed E-state index contributed by atoms with van der Waals surface area (Å²) in [5.41, 5.74) is 5.16. The Morgan fingerprint density at radius 3 is 2.41 bits per heavy atom. The average Bonchev–Trinajstić information content (AvgIpc) is 3.15. The summed E-state index contributed by atoms with van der Waals surface area (Å²) in [6.45, 7) is 5.01. The van der Waals surface area contributed by atoms with E-state index < -0.39 is 0 Å². The minimum absolute atomic E-state index is 0.0212. The quantitative estimate of drug-likeness (QED) is 0.458. The Kier molecular flexibility index (Phi) is 6.61. The van der Waals surface area contributed by atoms with E-state index in [-0.39, 0.29) is 11.5 Å². The number of aryl methyl sites for hydroxylation is 2. The molecule has 2 heterocycles. The highest BCUT2D eigenvalue weighted by molar-refractivity contribution is 7.12. The predicted molar refractivity (Wildman–Crippen MR) is 129 cm³/mol. The molecule has 0 saturated carbocycles. The molecule has 0 aliphatic heterocycles. The van der Waals surface area contributed by atoms with Gasteiger partial charge in [-0.2, -0.15) is 0 Å². The lowest BCUT2D eigenvalue weighted by Gasteiger charge is -2.08. The first-order valence-electron chi connectivity index (χ1n) is 10.5. The van der Waals surface area contributed by atoms with Crippen LogP contribution in [0.25, 0.3) is 11.3 Å². The zero-order chi connectivity index (χ0) is 22.5. The van der Waals surface area contributed by atoms with Crippen LogP contribution in [0.15, 0.2) is 77.7 Å². The third-order valence-corrected chi connectivity index (χ3v) is 6.19. The number of carbonyl (C=O) groups is 1. The van der Waals surface area contributed by atoms with Gasteiger partial charge in [-0.3, -0.25) is 9.59 Å². The minimum Gasteiger partial charge on any atom is -0.352 e. The van der Waals surface area contributed by atoms with Crippen molar-refractivity contribution in [3.63, 3.8) is 0 Å². The van der Waals surface area contributed by atoms with Gasteiger partial charge in [0.25, 0.3) is 5.56 Å². The highest BCUT2D eigenvalue weighted by Gasteiger charge is 2.14. The number of aromatic nitrogens is 2. The first kappa shape index (κ1) is 21.7. The lowest BCUT2D eigenvalue weighted by molar-refractivity contribution is -0.120. The second kappa shape index (κ2) is 9.75. The summed E-state index contributed by atoms with van der Waals surface area (Å²) in [6.07, 6.45) is 2.09. The molecule has 4 rings (SSSR count). The van der Waals surface area contributed by atoms with Crippen molar-refractivity contribution < 1.29 is 4.79 Å². The van der Waals surface area contributed by atoms with Crippen molar-refractivity contribution in [3.05, 3.63) is 110 Å². The second-order valence-electron chi connectivity index (χ2n) is 7.81. The monoisotopic (exact) mass is 443 g/mol. The van der Waals surface area contributed by atoms with Gasteiger partial charge in [-0.1, -0.05) is 60.2 Å². The van der Waals surface area contributed by atoms with E-state index in [4.69, 9.17) is 0 Å². The van der Waals surface area contributed by atoms with Gasteiger partial charge in [0.05, 0.1) is 23.7 Å². The van der Waals surface area contributed by atoms with Crippen molar-refractivity contribution in [1.29, 1.82) is 0 Å². The van der Waals surface area contributed by atoms with Crippen LogP contribution in [0.4, 0.5) is 0 Å². The number of thiazole rings is 1. The normalized spacial score (nSPS) is 10.8. The summed E-state index contributed by atoms with van der Waals surface area (Å²) < 4.78 is 1.67. The fourth-order valence-corrected chi connectivity index (χ4v) is 4.44. The summed E-state index contributed by atoms with van der Waals surface area (Å²) in [4.78, 5) is 30.1. The third kappa shape index (κ3) is 5.39. The number of amides is 1. The maximum atomic E-state index is 12.6. The standard InChI is InChI=1S/C26H25N3O2S/c1-18-6-12-22(13-7-18)26-23(32-19(2)28-26)15-24(30)27-16-20-8-10-21(11-9-20)17-29-14-4-3-5-25(29)31/h3-14H,15-17H2,1-2H3,(H,27,30). The maximum absolute atomic E-state index is 12.6. The van der Waals surface area contributed by atoms with Crippen LogP contribution in [0.5, 0.6) is 0 Å². The van der Waals surface area contributed by atoms with E-state index in [1.165, 1.54) is 5.56 Å². The minimum atomic E-state index is -0.0260. The van der Waals surface area contributed by atoms with E-state index >= 15 is 0 Å². The van der Waals surface area contributed by atoms with Gasteiger partial charge in [0.1, 0.15) is 0 Å². The van der Waals surface area contributed by atoms with E-state index in [1.54, 1.807) is 34.2 Å². The Balaban J connectivity index is 1.36. The predicted octanol–water partition coefficient (Wildman–Crippen LogP) is 4.50. The molecule has 0 unspecified atom stereocenters. The molecule has 2 aromatic heterocycles. The molecule has 162 valence electrons. The fraction of sp³-hybridized carbons (Fsp3) is 0.192. The first-order chi connectivity index (χ1) is 15.5. The zero-order valence-electron chi connectivity index (χ0n) is 18.2. The van der Waals surface area contributed by atoms with Crippen LogP contribution in [-0.4, -0.2) is 15.5 Å². The number of hydrogen-bond acceptors (Lipinski definition) is 4. The Bertz CT molecular complexity index is 1270. The van der Waals surface area contributed by atoms with Crippen LogP contribution in [-0.2, 0) is 24.3 Å². The molecule has 6 heteroatoms. The van der Waals surface area contributed by atoms with E-state index in [2.05, 4.69) is 41.5 Å². The first-order valence-corrected chi connectivity index (χ1v) is 11.3. The molecule has 0 saturated heterocycles. The van der Waals surface area contributed by atoms with Crippen LogP contribution in [0.1, 0.15) is 26.6 Å². The van der Waals surface area contributed by atoms with Gasteiger partial charge in [-0.25, -0.2) is 4.98 Å². The molecule has 0 fully saturated rings. The summed E-state index contributed by atoms with van der Waals surface area (Å²) in [5, 5.41) is 3.96. The van der Waals surface area contributed by atoms with Crippen molar-refractivity contribution in [2.75, 3.05) is 0 Å². The Labute approximate surface area is 191 Å². The van der Waals surface area contributed by atoms with Gasteiger partial charge in [0.15, 0.2) is 0 Å². The molecular formula is C26H25N3O2S. The molecule has 0 spiro atoms. The summed E-state index contributed by atoms with van der Waals surface area (Å²) in [5.74, 6) is -0.0260. The highest BCUT2D eigenvalue weighted by atomic mass is 32.1. The molecule has 0 atom stereocenters. The Morgan fingerprint density at radius 2 is 1.69 bits per heavy atom. The lowest BCUT2D eigenvalue weighted by atomic mass is 10.1. The van der Waals surface area contributed by atoms with Crippen LogP contribution in [0, 0.1) is 13.8 Å². The average molecular weight is 444 g/mol. The van der Waals surface area contributed by atoms with E-state index in [1.807, 2.05) is 37.3 Å². The van der Waals surface area contributed by atoms with Crippen LogP contribution >= 0.6 is 11.3 Å². The van der Waals surface area contributed by atoms with Crippen molar-refractivity contribution in [2.45, 2.75) is 33.4 Å². The molecular weight excluding hydrogens is 418 g/mol.